The summed E-state index contributed by atoms with van der Waals surface area (Å²) in [6, 6.07) is 16.8. The second-order valence-electron chi connectivity index (χ2n) is 6.19. The van der Waals surface area contributed by atoms with Gasteiger partial charge in [-0.15, -0.1) is 0 Å². The van der Waals surface area contributed by atoms with E-state index in [1.54, 1.807) is 0 Å². The molecule has 0 amide bonds. The summed E-state index contributed by atoms with van der Waals surface area (Å²) >= 11 is 0. The number of unbranched alkanes of at least 4 members (excludes halogenated alkanes) is 4. The minimum Gasteiger partial charge on any atom is -0.494 e. The van der Waals surface area contributed by atoms with Crippen LogP contribution >= 0.6 is 0 Å². The summed E-state index contributed by atoms with van der Waals surface area (Å²) in [6.45, 7) is 5.51. The van der Waals surface area contributed by atoms with Crippen LogP contribution in [0.25, 0.3) is 0 Å². The van der Waals surface area contributed by atoms with Gasteiger partial charge < -0.3 is 9.47 Å². The van der Waals surface area contributed by atoms with Crippen LogP contribution in [-0.2, 0) is 12.8 Å². The fourth-order valence-electron chi connectivity index (χ4n) is 2.98. The molecule has 0 aromatic heterocycles. The highest BCUT2D eigenvalue weighted by molar-refractivity contribution is 5.33. The molecule has 2 aromatic rings. The number of aryl methyl sites for hydroxylation is 2. The fourth-order valence-corrected chi connectivity index (χ4v) is 2.98. The second kappa shape index (κ2) is 11.6. The highest BCUT2D eigenvalue weighted by Crippen LogP contribution is 2.21. The van der Waals surface area contributed by atoms with E-state index in [1.165, 1.54) is 30.4 Å². The van der Waals surface area contributed by atoms with E-state index in [4.69, 9.17) is 9.47 Å². The van der Waals surface area contributed by atoms with Crippen molar-refractivity contribution in [2.45, 2.75) is 52.4 Å². The summed E-state index contributed by atoms with van der Waals surface area (Å²) in [5, 5.41) is 0. The minimum atomic E-state index is 0.727. The van der Waals surface area contributed by atoms with Crippen molar-refractivity contribution in [3.63, 3.8) is 0 Å². The molecule has 0 bridgehead atoms. The minimum absolute atomic E-state index is 0.727. The number of rotatable bonds is 12. The van der Waals surface area contributed by atoms with E-state index < -0.39 is 0 Å². The molecule has 0 fully saturated rings. The van der Waals surface area contributed by atoms with Crippen molar-refractivity contribution in [1.82, 2.24) is 0 Å². The van der Waals surface area contributed by atoms with E-state index in [0.29, 0.717) is 0 Å². The molecule has 2 heteroatoms. The molecule has 0 aliphatic rings. The summed E-state index contributed by atoms with van der Waals surface area (Å²) in [5.41, 5.74) is 2.69. The maximum absolute atomic E-state index is 5.68. The molecule has 1 radical (unpaired) electrons. The van der Waals surface area contributed by atoms with Crippen molar-refractivity contribution >= 4 is 0 Å². The third-order valence-corrected chi connectivity index (χ3v) is 4.22. The Hall–Kier alpha value is -1.96. The lowest BCUT2D eigenvalue weighted by Gasteiger charge is -2.09. The Balaban J connectivity index is 1.60. The highest BCUT2D eigenvalue weighted by Gasteiger charge is 2.02. The highest BCUT2D eigenvalue weighted by atomic mass is 16.5. The van der Waals surface area contributed by atoms with Crippen LogP contribution in [-0.4, -0.2) is 13.2 Å². The Morgan fingerprint density at radius 1 is 0.800 bits per heavy atom. The Kier molecular flexibility index (Phi) is 8.96. The van der Waals surface area contributed by atoms with Gasteiger partial charge in [-0.05, 0) is 75.3 Å². The number of ether oxygens (including phenoxy) is 2. The van der Waals surface area contributed by atoms with Crippen LogP contribution < -0.4 is 9.47 Å². The maximum atomic E-state index is 5.68. The normalized spacial score (nSPS) is 10.6. The molecular weight excluding hydrogens is 308 g/mol. The zero-order valence-corrected chi connectivity index (χ0v) is 15.7. The number of para-hydroxylation sites is 1. The fraction of sp³-hybridized carbons (Fsp3) is 0.435. The number of hydrogen-bond acceptors (Lipinski definition) is 2. The molecule has 2 rings (SSSR count). The van der Waals surface area contributed by atoms with Crippen LogP contribution in [0.1, 0.15) is 50.7 Å². The lowest BCUT2D eigenvalue weighted by Crippen LogP contribution is -1.97. The maximum Gasteiger partial charge on any atom is 0.122 e. The Morgan fingerprint density at radius 3 is 2.48 bits per heavy atom. The average Bonchev–Trinajstić information content (AvgIpc) is 2.63. The van der Waals surface area contributed by atoms with Gasteiger partial charge in [0.1, 0.15) is 11.5 Å². The van der Waals surface area contributed by atoms with Crippen LogP contribution in [0, 0.1) is 6.42 Å². The summed E-state index contributed by atoms with van der Waals surface area (Å²) in [4.78, 5) is 0. The molecule has 0 aliphatic heterocycles. The molecular formula is C23H31O2. The van der Waals surface area contributed by atoms with E-state index in [2.05, 4.69) is 42.8 Å². The van der Waals surface area contributed by atoms with Crippen LogP contribution in [0.15, 0.2) is 48.5 Å². The van der Waals surface area contributed by atoms with E-state index >= 15 is 0 Å². The van der Waals surface area contributed by atoms with Gasteiger partial charge in [0.15, 0.2) is 0 Å². The third kappa shape index (κ3) is 7.21. The Morgan fingerprint density at radius 2 is 1.64 bits per heavy atom. The quantitative estimate of drug-likeness (QED) is 0.439. The van der Waals surface area contributed by atoms with E-state index in [-0.39, 0.29) is 0 Å². The van der Waals surface area contributed by atoms with Crippen molar-refractivity contribution in [1.29, 1.82) is 0 Å². The summed E-state index contributed by atoms with van der Waals surface area (Å²) < 4.78 is 11.2. The Labute approximate surface area is 153 Å². The standard InChI is InChI=1S/C23H31O2/c1-3-24-22-17-12-14-20(19-22)13-8-6-5-7-9-15-21-16-10-11-18-23(21)25-4-2/h7,10-12,14,16-19H,3-6,8-9,13,15H2,1-2H3. The second-order valence-corrected chi connectivity index (χ2v) is 6.19. The predicted octanol–water partition coefficient (Wildman–Crippen LogP) is 6.03. The molecule has 25 heavy (non-hydrogen) atoms. The molecule has 2 aromatic carbocycles. The average molecular weight is 339 g/mol. The first-order chi connectivity index (χ1) is 12.3. The van der Waals surface area contributed by atoms with Gasteiger partial charge in [0, 0.05) is 0 Å². The largest absolute Gasteiger partial charge is 0.494 e. The smallest absolute Gasteiger partial charge is 0.122 e. The topological polar surface area (TPSA) is 18.5 Å². The lowest BCUT2D eigenvalue weighted by molar-refractivity contribution is 0.336. The lowest BCUT2D eigenvalue weighted by atomic mass is 10.0. The SMILES string of the molecule is CCOc1cccc(CCCC[CH]CCc2ccccc2OCC)c1. The monoisotopic (exact) mass is 339 g/mol. The summed E-state index contributed by atoms with van der Waals surface area (Å²) in [6.07, 6.45) is 9.37. The molecule has 135 valence electrons. The molecule has 0 atom stereocenters. The third-order valence-electron chi connectivity index (χ3n) is 4.22. The summed E-state index contributed by atoms with van der Waals surface area (Å²) in [5.74, 6) is 2.02. The van der Waals surface area contributed by atoms with Gasteiger partial charge in [-0.25, -0.2) is 0 Å². The van der Waals surface area contributed by atoms with E-state index in [9.17, 15) is 0 Å². The van der Waals surface area contributed by atoms with E-state index in [1.807, 2.05) is 26.0 Å². The number of benzene rings is 2. The zero-order chi connectivity index (χ0) is 17.7. The van der Waals surface area contributed by atoms with Crippen LogP contribution in [0.4, 0.5) is 0 Å². The van der Waals surface area contributed by atoms with Crippen molar-refractivity contribution < 1.29 is 9.47 Å². The van der Waals surface area contributed by atoms with Crippen molar-refractivity contribution in [2.24, 2.45) is 0 Å². The molecule has 0 aliphatic carbocycles. The zero-order valence-electron chi connectivity index (χ0n) is 15.7. The van der Waals surface area contributed by atoms with Gasteiger partial charge in [0.05, 0.1) is 13.2 Å². The van der Waals surface area contributed by atoms with Crippen LogP contribution in [0.3, 0.4) is 0 Å². The Bertz CT molecular complexity index is 607. The molecule has 0 saturated carbocycles. The first-order valence-electron chi connectivity index (χ1n) is 9.57. The van der Waals surface area contributed by atoms with Crippen molar-refractivity contribution in [2.75, 3.05) is 13.2 Å². The van der Waals surface area contributed by atoms with Gasteiger partial charge in [-0.3, -0.25) is 0 Å². The van der Waals surface area contributed by atoms with Crippen LogP contribution in [0.2, 0.25) is 0 Å². The molecule has 2 nitrogen and oxygen atoms in total. The predicted molar refractivity (Wildman–Crippen MR) is 105 cm³/mol. The van der Waals surface area contributed by atoms with Gasteiger partial charge >= 0.3 is 0 Å². The first-order valence-corrected chi connectivity index (χ1v) is 9.57. The molecule has 0 N–H and O–H groups in total. The van der Waals surface area contributed by atoms with Gasteiger partial charge in [-0.1, -0.05) is 43.2 Å². The number of hydrogen-bond donors (Lipinski definition) is 0. The summed E-state index contributed by atoms with van der Waals surface area (Å²) in [7, 11) is 0. The molecule has 0 heterocycles. The van der Waals surface area contributed by atoms with Crippen molar-refractivity contribution in [3.05, 3.63) is 66.1 Å². The molecule has 0 unspecified atom stereocenters. The molecule has 0 spiro atoms. The van der Waals surface area contributed by atoms with E-state index in [0.717, 1.165) is 44.0 Å². The van der Waals surface area contributed by atoms with Gasteiger partial charge in [0.2, 0.25) is 0 Å². The molecule has 0 saturated heterocycles. The van der Waals surface area contributed by atoms with Crippen LogP contribution in [0.5, 0.6) is 11.5 Å². The first kappa shape index (κ1) is 19.4. The van der Waals surface area contributed by atoms with Gasteiger partial charge in [-0.2, -0.15) is 0 Å². The van der Waals surface area contributed by atoms with Gasteiger partial charge in [0.25, 0.3) is 0 Å². The van der Waals surface area contributed by atoms with Crippen molar-refractivity contribution in [3.8, 4) is 11.5 Å².